The van der Waals surface area contributed by atoms with Crippen LogP contribution in [0.4, 0.5) is 9.59 Å². The van der Waals surface area contributed by atoms with E-state index in [1.54, 1.807) is 7.11 Å². The van der Waals surface area contributed by atoms with E-state index in [1.807, 2.05) is 24.3 Å². The number of nitrogens with one attached hydrogen (secondary N) is 3. The second-order valence-electron chi connectivity index (χ2n) is 11.9. The number of carboxylic acid groups (broad SMARTS) is 1. The van der Waals surface area contributed by atoms with Gasteiger partial charge in [0.05, 0.1) is 107 Å². The van der Waals surface area contributed by atoms with Crippen LogP contribution in [0, 0.1) is 0 Å². The zero-order chi connectivity index (χ0) is 46.9. The number of methoxy groups -OCH3 is 2. The van der Waals surface area contributed by atoms with Gasteiger partial charge in [-0.05, 0) is 52.5 Å². The van der Waals surface area contributed by atoms with E-state index in [2.05, 4.69) is 30.2 Å². The van der Waals surface area contributed by atoms with Gasteiger partial charge in [-0.1, -0.05) is 12.1 Å². The van der Waals surface area contributed by atoms with Gasteiger partial charge in [0.25, 0.3) is 0 Å². The molecular weight excluding hydrogens is 1190 g/mol. The van der Waals surface area contributed by atoms with Gasteiger partial charge in [-0.25, -0.2) is 19.2 Å². The van der Waals surface area contributed by atoms with E-state index in [0.29, 0.717) is 79.1 Å². The molecular formula is C36H61Cl3FmN3O20P. The van der Waals surface area contributed by atoms with Crippen molar-refractivity contribution in [2.24, 2.45) is 0 Å². The number of carbonyl (C=O) groups is 4. The molecule has 0 fully saturated rings. The topological polar surface area (TPSA) is 282 Å². The van der Waals surface area contributed by atoms with Crippen LogP contribution in [0.3, 0.4) is 0 Å². The molecule has 0 aliphatic carbocycles. The minimum Gasteiger partial charge on any atom is -0.497 e. The fourth-order valence-corrected chi connectivity index (χ4v) is 4.97. The van der Waals surface area contributed by atoms with Gasteiger partial charge in [-0.3, -0.25) is 4.57 Å². The van der Waals surface area contributed by atoms with E-state index in [-0.39, 0.29) is 52.8 Å². The van der Waals surface area contributed by atoms with Crippen molar-refractivity contribution >= 4 is 66.3 Å². The van der Waals surface area contributed by atoms with Crippen LogP contribution in [0.15, 0.2) is 24.3 Å². The van der Waals surface area contributed by atoms with E-state index in [9.17, 15) is 28.6 Å². The Balaban J connectivity index is 0. The van der Waals surface area contributed by atoms with Crippen molar-refractivity contribution in [3.05, 3.63) is 29.8 Å². The summed E-state index contributed by atoms with van der Waals surface area (Å²) in [4.78, 5) is 53.3. The van der Waals surface area contributed by atoms with Gasteiger partial charge in [-0.2, -0.15) is 0 Å². The summed E-state index contributed by atoms with van der Waals surface area (Å²) in [6.07, 6.45) is -2.18. The molecule has 0 aromatic heterocycles. The quantitative estimate of drug-likeness (QED) is 0.0209. The third-order valence-corrected chi connectivity index (χ3v) is 8.14. The van der Waals surface area contributed by atoms with Crippen molar-refractivity contribution in [3.63, 3.8) is 0 Å². The number of amides is 2. The molecule has 1 aromatic rings. The van der Waals surface area contributed by atoms with Gasteiger partial charge in [0, 0.05) is 26.2 Å². The third kappa shape index (κ3) is 44.8. The van der Waals surface area contributed by atoms with Crippen LogP contribution in [-0.2, 0) is 77.6 Å². The molecule has 0 saturated heterocycles. The van der Waals surface area contributed by atoms with Crippen molar-refractivity contribution in [2.75, 3.05) is 159 Å². The Hall–Kier alpha value is -3.84. The fourth-order valence-electron chi connectivity index (χ4n) is 3.85. The number of rotatable bonds is 38. The molecule has 0 heterocycles. The maximum atomic E-state index is 11.7. The van der Waals surface area contributed by atoms with Crippen LogP contribution in [0.25, 0.3) is 0 Å². The number of esters is 1. The predicted molar refractivity (Wildman–Crippen MR) is 226 cm³/mol. The molecule has 1 atom stereocenters. The molecule has 64 heavy (non-hydrogen) atoms. The summed E-state index contributed by atoms with van der Waals surface area (Å²) in [5.74, 6) is -0.877. The molecule has 1 aromatic carbocycles. The molecule has 0 spiro atoms. The first-order valence-electron chi connectivity index (χ1n) is 19.2. The molecule has 0 saturated carbocycles. The van der Waals surface area contributed by atoms with E-state index in [1.165, 1.54) is 7.11 Å². The summed E-state index contributed by atoms with van der Waals surface area (Å²) in [7, 11) is -0.770. The van der Waals surface area contributed by atoms with E-state index in [4.69, 9.17) is 87.3 Å². The van der Waals surface area contributed by atoms with Crippen molar-refractivity contribution < 1.29 is 95.3 Å². The fraction of sp³-hybridized carbons (Fsp3) is 0.722. The van der Waals surface area contributed by atoms with Crippen LogP contribution in [-0.4, -0.2) is 197 Å². The van der Waals surface area contributed by atoms with Crippen LogP contribution >= 0.6 is 42.2 Å². The first-order valence-corrected chi connectivity index (χ1v) is 22.4. The average Bonchev–Trinajstić information content (AvgIpc) is 3.23. The van der Waals surface area contributed by atoms with Gasteiger partial charge in [0.1, 0.15) is 38.3 Å². The molecule has 0 radical (unpaired) electrons. The zero-order valence-electron chi connectivity index (χ0n) is 35.7. The van der Waals surface area contributed by atoms with Crippen LogP contribution < -0.4 is 20.7 Å². The minimum absolute atomic E-state index is 0. The number of alkyl halides is 3. The maximum absolute atomic E-state index is 11.7. The van der Waals surface area contributed by atoms with Crippen molar-refractivity contribution in [1.82, 2.24) is 16.0 Å². The van der Waals surface area contributed by atoms with Gasteiger partial charge < -0.3 is 87.5 Å². The molecule has 28 heteroatoms. The van der Waals surface area contributed by atoms with Crippen LogP contribution in [0.2, 0.25) is 0 Å². The SMILES string of the molecule is COC(=O)COCCOCP(=O)(O)COCCOCC(=O)O.COc1ccc(COC(=O)NCCOCCOCCOCCNCCOCCOCCNC(=O)OC(Cl)(Cl)Cl)cc1.[Fm]. The third-order valence-electron chi connectivity index (χ3n) is 6.73. The Kier molecular flexibility index (Phi) is 40.7. The second-order valence-corrected chi connectivity index (χ2v) is 16.3. The monoisotopic (exact) mass is 1250 g/mol. The predicted octanol–water partition coefficient (Wildman–Crippen LogP) is 2.14. The Morgan fingerprint density at radius 2 is 1.03 bits per heavy atom. The van der Waals surface area contributed by atoms with Crippen molar-refractivity contribution in [2.45, 2.75) is 10.6 Å². The first kappa shape index (κ1) is 62.2. The Morgan fingerprint density at radius 1 is 0.609 bits per heavy atom. The molecule has 1 rings (SSSR count). The molecule has 0 aliphatic rings. The average molecular weight is 1250 g/mol. The summed E-state index contributed by atoms with van der Waals surface area (Å²) in [6, 6.07) is 7.28. The summed E-state index contributed by atoms with van der Waals surface area (Å²) in [5.41, 5.74) is 0.870. The summed E-state index contributed by atoms with van der Waals surface area (Å²) < 4.78 is 75.0. The maximum Gasteiger partial charge on any atom is 0.410 e. The first-order chi connectivity index (χ1) is 30.2. The Morgan fingerprint density at radius 3 is 1.48 bits per heavy atom. The molecule has 2 amide bonds. The van der Waals surface area contributed by atoms with Gasteiger partial charge in [0.2, 0.25) is 7.37 Å². The number of alkyl carbamates (subject to hydrolysis) is 2. The molecule has 5 N–H and O–H groups in total. The largest absolute Gasteiger partial charge is 0.497 e. The molecule has 0 aliphatic heterocycles. The second kappa shape index (κ2) is 41.8. The molecule has 23 nitrogen and oxygen atoms in total. The Bertz CT molecular complexity index is 1380. The van der Waals surface area contributed by atoms with E-state index < -0.39 is 54.8 Å². The number of hydrogen-bond donors (Lipinski definition) is 5. The molecule has 378 valence electrons. The van der Waals surface area contributed by atoms with E-state index >= 15 is 0 Å². The normalized spacial score (nSPS) is 11.8. The summed E-state index contributed by atoms with van der Waals surface area (Å²) in [6.45, 7) is 5.89. The van der Waals surface area contributed by atoms with Gasteiger partial charge >= 0.3 is 28.1 Å². The number of aliphatic carboxylic acids is 1. The number of ether oxygens (including phenoxy) is 13. The standard InChI is InChI=1S/C25H40Cl3N3O10.C11H21O10P.Fm/c1-34-22-4-2-21(3-5-22)20-40-23(32)30-8-12-37-17-19-39-18-16-36-11-7-29-6-10-35-14-15-38-13-9-31-24(33)41-25(26,27)28;1-17-11(14)7-19-3-5-21-9-22(15,16)8-20-4-2-18-6-10(12)13;/h2-5,29H,6-20H2,1H3,(H,30,32)(H,31,33);2-9H2,1H3,(H,12,13)(H,15,16);. The number of benzene rings is 1. The summed E-state index contributed by atoms with van der Waals surface area (Å²) in [5, 5.41) is 16.5. The van der Waals surface area contributed by atoms with Crippen LogP contribution in [0.1, 0.15) is 5.56 Å². The number of carboxylic acids is 1. The minimum atomic E-state index is -3.60. The van der Waals surface area contributed by atoms with Crippen molar-refractivity contribution in [3.8, 4) is 5.75 Å². The number of halogens is 3. The smallest absolute Gasteiger partial charge is 0.410 e. The number of hydrogen-bond acceptors (Lipinski definition) is 19. The molecule has 1 unspecified atom stereocenters. The van der Waals surface area contributed by atoms with Crippen molar-refractivity contribution in [1.29, 1.82) is 0 Å². The van der Waals surface area contributed by atoms with Gasteiger partial charge in [-0.15, -0.1) is 0 Å². The number of carbonyl (C=O) groups excluding carboxylic acids is 3. The Labute approximate surface area is 381 Å². The van der Waals surface area contributed by atoms with Crippen LogP contribution in [0.5, 0.6) is 5.75 Å². The van der Waals surface area contributed by atoms with Gasteiger partial charge in [0.15, 0.2) is 0 Å². The summed E-state index contributed by atoms with van der Waals surface area (Å²) >= 11 is 16.0. The zero-order valence-corrected chi connectivity index (χ0v) is 41.3. The molecule has 0 bridgehead atoms. The van der Waals surface area contributed by atoms with E-state index in [0.717, 1.165) is 11.3 Å².